The lowest BCUT2D eigenvalue weighted by Gasteiger charge is -2.34. The van der Waals surface area contributed by atoms with Gasteiger partial charge in [-0.2, -0.15) is 8.42 Å². The summed E-state index contributed by atoms with van der Waals surface area (Å²) in [4.78, 5) is 23.4. The molecule has 0 spiro atoms. The van der Waals surface area contributed by atoms with Crippen LogP contribution in [0.3, 0.4) is 0 Å². The molecule has 0 aromatic carbocycles. The van der Waals surface area contributed by atoms with Gasteiger partial charge in [0, 0.05) is 30.2 Å². The molecule has 9 heteroatoms. The van der Waals surface area contributed by atoms with Crippen molar-refractivity contribution in [3.05, 3.63) is 24.3 Å². The van der Waals surface area contributed by atoms with Gasteiger partial charge in [0.1, 0.15) is 0 Å². The number of hydrogen-bond donors (Lipinski definition) is 3. The van der Waals surface area contributed by atoms with Gasteiger partial charge in [0.2, 0.25) is 5.91 Å². The predicted molar refractivity (Wildman–Crippen MR) is 87.7 cm³/mol. The zero-order chi connectivity index (χ0) is 18.6. The van der Waals surface area contributed by atoms with Crippen LogP contribution >= 0.6 is 0 Å². The summed E-state index contributed by atoms with van der Waals surface area (Å²) in [7, 11) is -4.45. The van der Waals surface area contributed by atoms with E-state index in [4.69, 9.17) is 5.84 Å². The van der Waals surface area contributed by atoms with Gasteiger partial charge in [0.15, 0.2) is 0 Å². The van der Waals surface area contributed by atoms with Gasteiger partial charge in [-0.1, -0.05) is 13.2 Å². The quantitative estimate of drug-likeness (QED) is 0.190. The Morgan fingerprint density at radius 1 is 1.26 bits per heavy atom. The fourth-order valence-electron chi connectivity index (χ4n) is 1.67. The maximum Gasteiger partial charge on any atom is 0.270 e. The Kier molecular flexibility index (Phi) is 7.14. The Bertz CT molecular complexity index is 610. The molecule has 4 N–H and O–H groups in total. The van der Waals surface area contributed by atoms with Crippen LogP contribution < -0.4 is 11.2 Å². The molecule has 0 heterocycles. The van der Waals surface area contributed by atoms with E-state index in [1.165, 1.54) is 27.7 Å². The van der Waals surface area contributed by atoms with Crippen molar-refractivity contribution in [2.75, 3.05) is 13.1 Å². The van der Waals surface area contributed by atoms with Crippen LogP contribution in [0.1, 0.15) is 27.7 Å². The molecule has 0 bridgehead atoms. The third-order valence-corrected chi connectivity index (χ3v) is 5.25. The average Bonchev–Trinajstić information content (AvgIpc) is 2.39. The number of carbonyl (C=O) groups excluding carboxylic acids is 2. The monoisotopic (exact) mass is 347 g/mol. The fraction of sp³-hybridized carbons (Fsp3) is 0.571. The van der Waals surface area contributed by atoms with Crippen LogP contribution in [0.15, 0.2) is 24.3 Å². The van der Waals surface area contributed by atoms with E-state index in [1.807, 2.05) is 0 Å². The zero-order valence-corrected chi connectivity index (χ0v) is 14.7. The van der Waals surface area contributed by atoms with Crippen LogP contribution in [0.2, 0.25) is 0 Å². The third-order valence-electron chi connectivity index (χ3n) is 3.59. The van der Waals surface area contributed by atoms with Gasteiger partial charge < -0.3 is 5.32 Å². The second-order valence-electron chi connectivity index (χ2n) is 6.00. The summed E-state index contributed by atoms with van der Waals surface area (Å²) in [5.41, 5.74) is 0.429. The van der Waals surface area contributed by atoms with Crippen molar-refractivity contribution in [2.45, 2.75) is 32.4 Å². The molecule has 1 atom stereocenters. The molecule has 23 heavy (non-hydrogen) atoms. The zero-order valence-electron chi connectivity index (χ0n) is 13.9. The van der Waals surface area contributed by atoms with E-state index in [-0.39, 0.29) is 24.2 Å². The molecule has 132 valence electrons. The number of nitrogens with one attached hydrogen (secondary N) is 1. The molecule has 0 aliphatic heterocycles. The lowest BCUT2D eigenvalue weighted by Crippen LogP contribution is -2.53. The molecule has 0 aromatic heterocycles. The highest BCUT2D eigenvalue weighted by Gasteiger charge is 2.42. The van der Waals surface area contributed by atoms with Gasteiger partial charge >= 0.3 is 0 Å². The minimum Gasteiger partial charge on any atom is -0.352 e. The van der Waals surface area contributed by atoms with Gasteiger partial charge in [0.05, 0.1) is 4.75 Å². The molecular weight excluding hydrogens is 322 g/mol. The minimum absolute atomic E-state index is 0.115. The number of rotatable bonds is 8. The molecule has 2 amide bonds. The van der Waals surface area contributed by atoms with Crippen molar-refractivity contribution in [3.63, 3.8) is 0 Å². The molecule has 0 aliphatic rings. The van der Waals surface area contributed by atoms with Crippen LogP contribution in [0.25, 0.3) is 0 Å². The molecule has 1 unspecified atom stereocenters. The maximum atomic E-state index is 11.8. The van der Waals surface area contributed by atoms with E-state index in [0.717, 1.165) is 5.01 Å². The summed E-state index contributed by atoms with van der Waals surface area (Å²) >= 11 is 0. The van der Waals surface area contributed by atoms with Crippen molar-refractivity contribution in [3.8, 4) is 0 Å². The molecule has 0 radical (unpaired) electrons. The van der Waals surface area contributed by atoms with Crippen molar-refractivity contribution < 1.29 is 22.6 Å². The largest absolute Gasteiger partial charge is 0.352 e. The number of nitrogens with zero attached hydrogens (tertiary/aromatic N) is 1. The highest BCUT2D eigenvalue weighted by Crippen LogP contribution is 2.26. The Labute approximate surface area is 137 Å². The van der Waals surface area contributed by atoms with Crippen LogP contribution in [0.5, 0.6) is 0 Å². The SMILES string of the molecule is C=C(C)C(=O)NCC(CN(N)C(=O)C(=C)C)C(C)(C)S(=O)(=O)O. The van der Waals surface area contributed by atoms with Gasteiger partial charge in [0.25, 0.3) is 16.0 Å². The van der Waals surface area contributed by atoms with E-state index in [0.29, 0.717) is 0 Å². The van der Waals surface area contributed by atoms with Crippen molar-refractivity contribution in [1.29, 1.82) is 0 Å². The topological polar surface area (TPSA) is 130 Å². The summed E-state index contributed by atoms with van der Waals surface area (Å²) in [6, 6.07) is 0. The molecule has 0 saturated heterocycles. The Balaban J connectivity index is 5.39. The highest BCUT2D eigenvalue weighted by atomic mass is 32.2. The number of nitrogens with two attached hydrogens (primary N) is 1. The summed E-state index contributed by atoms with van der Waals surface area (Å²) in [6.07, 6.45) is 0. The van der Waals surface area contributed by atoms with Crippen LogP contribution in [0, 0.1) is 5.92 Å². The molecule has 0 aliphatic carbocycles. The molecule has 8 nitrogen and oxygen atoms in total. The highest BCUT2D eigenvalue weighted by molar-refractivity contribution is 7.87. The summed E-state index contributed by atoms with van der Waals surface area (Å²) in [5, 5.41) is 3.32. The van der Waals surface area contributed by atoms with E-state index >= 15 is 0 Å². The second-order valence-corrected chi connectivity index (χ2v) is 8.01. The summed E-state index contributed by atoms with van der Waals surface area (Å²) in [6.45, 7) is 12.2. The van der Waals surface area contributed by atoms with Crippen molar-refractivity contribution >= 4 is 21.9 Å². The van der Waals surface area contributed by atoms with E-state index < -0.39 is 32.6 Å². The molecule has 0 aromatic rings. The number of hydrazine groups is 1. The molecular formula is C14H25N3O5S. The van der Waals surface area contributed by atoms with Gasteiger partial charge in [-0.25, -0.2) is 5.84 Å². The Morgan fingerprint density at radius 2 is 1.74 bits per heavy atom. The summed E-state index contributed by atoms with van der Waals surface area (Å²) < 4.78 is 31.0. The van der Waals surface area contributed by atoms with Gasteiger partial charge in [-0.15, -0.1) is 0 Å². The van der Waals surface area contributed by atoms with Crippen molar-refractivity contribution in [1.82, 2.24) is 10.3 Å². The third kappa shape index (κ3) is 5.77. The molecule has 0 fully saturated rings. The maximum absolute atomic E-state index is 11.8. The lowest BCUT2D eigenvalue weighted by molar-refractivity contribution is -0.128. The number of hydrogen-bond acceptors (Lipinski definition) is 5. The van der Waals surface area contributed by atoms with Crippen LogP contribution in [-0.4, -0.2) is 47.6 Å². The van der Waals surface area contributed by atoms with E-state index in [2.05, 4.69) is 18.5 Å². The second kappa shape index (κ2) is 7.71. The first-order valence-corrected chi connectivity index (χ1v) is 8.28. The standard InChI is InChI=1S/C14H25N3O5S/c1-9(2)12(18)16-7-11(14(5,6)23(20,21)22)8-17(15)13(19)10(3)4/h11H,1,3,7-8,15H2,2,4-6H3,(H,16,18)(H,20,21,22). The Morgan fingerprint density at radius 3 is 2.09 bits per heavy atom. The van der Waals surface area contributed by atoms with Crippen LogP contribution in [-0.2, 0) is 19.7 Å². The Hall–Kier alpha value is -1.71. The first-order valence-electron chi connectivity index (χ1n) is 6.84. The normalized spacial score (nSPS) is 13.1. The molecule has 0 rings (SSSR count). The van der Waals surface area contributed by atoms with Gasteiger partial charge in [-0.3, -0.25) is 19.2 Å². The van der Waals surface area contributed by atoms with Crippen LogP contribution in [0.4, 0.5) is 0 Å². The minimum atomic E-state index is -4.45. The summed E-state index contributed by atoms with van der Waals surface area (Å²) in [5.74, 6) is 3.76. The predicted octanol–water partition coefficient (Wildman–Crippen LogP) is 0.240. The van der Waals surface area contributed by atoms with E-state index in [9.17, 15) is 22.6 Å². The number of carbonyl (C=O) groups is 2. The molecule has 0 saturated carbocycles. The fourth-order valence-corrected chi connectivity index (χ4v) is 2.25. The number of amides is 2. The van der Waals surface area contributed by atoms with Gasteiger partial charge in [-0.05, 0) is 27.7 Å². The average molecular weight is 347 g/mol. The lowest BCUT2D eigenvalue weighted by atomic mass is 9.94. The van der Waals surface area contributed by atoms with E-state index in [1.54, 1.807) is 0 Å². The smallest absolute Gasteiger partial charge is 0.270 e. The first-order chi connectivity index (χ1) is 10.2. The van der Waals surface area contributed by atoms with Crippen molar-refractivity contribution in [2.24, 2.45) is 11.8 Å². The first kappa shape index (κ1) is 21.3.